The molecule has 0 N–H and O–H groups in total. The van der Waals surface area contributed by atoms with Gasteiger partial charge in [0.1, 0.15) is 11.6 Å². The molecule has 124 valence electrons. The summed E-state index contributed by atoms with van der Waals surface area (Å²) in [4.78, 5) is 8.19. The Kier molecular flexibility index (Phi) is 4.09. The molecule has 0 radical (unpaired) electrons. The van der Waals surface area contributed by atoms with Crippen molar-refractivity contribution in [3.63, 3.8) is 0 Å². The minimum absolute atomic E-state index is 0.264. The van der Waals surface area contributed by atoms with Crippen LogP contribution in [0.1, 0.15) is 17.0 Å². The van der Waals surface area contributed by atoms with Crippen molar-refractivity contribution in [1.82, 2.24) is 14.5 Å². The van der Waals surface area contributed by atoms with Crippen LogP contribution in [0.25, 0.3) is 11.1 Å². The first kappa shape index (κ1) is 16.2. The van der Waals surface area contributed by atoms with Crippen molar-refractivity contribution in [2.75, 3.05) is 0 Å². The van der Waals surface area contributed by atoms with Crippen LogP contribution < -0.4 is 0 Å². The summed E-state index contributed by atoms with van der Waals surface area (Å²) in [5.74, 6) is -0.467. The number of benzene rings is 1. The molecule has 3 aromatic rings. The van der Waals surface area contributed by atoms with Gasteiger partial charge < -0.3 is 4.57 Å². The molecule has 0 saturated heterocycles. The van der Waals surface area contributed by atoms with E-state index in [1.807, 2.05) is 17.7 Å². The van der Waals surface area contributed by atoms with E-state index >= 15 is 0 Å². The molecule has 0 spiro atoms. The van der Waals surface area contributed by atoms with E-state index in [2.05, 4.69) is 9.97 Å². The Hall–Kier alpha value is -2.70. The monoisotopic (exact) mass is 335 g/mol. The van der Waals surface area contributed by atoms with Gasteiger partial charge in [-0.2, -0.15) is 13.2 Å². The summed E-state index contributed by atoms with van der Waals surface area (Å²) in [6.45, 7) is 2.35. The van der Waals surface area contributed by atoms with Crippen molar-refractivity contribution in [3.8, 4) is 11.1 Å². The largest absolute Gasteiger partial charge is 0.419 e. The normalized spacial score (nSPS) is 11.7. The number of aromatic nitrogens is 3. The first-order valence-corrected chi connectivity index (χ1v) is 7.13. The second-order valence-electron chi connectivity index (χ2n) is 5.38. The SMILES string of the molecule is Cc1nccn1Cc1cncc(-c2ccc(F)c(C(F)(F)F)c2)c1. The van der Waals surface area contributed by atoms with Gasteiger partial charge in [-0.1, -0.05) is 6.07 Å². The highest BCUT2D eigenvalue weighted by Gasteiger charge is 2.34. The number of nitrogens with zero attached hydrogens (tertiary/aromatic N) is 3. The zero-order valence-electron chi connectivity index (χ0n) is 12.7. The van der Waals surface area contributed by atoms with E-state index < -0.39 is 17.6 Å². The fraction of sp³-hybridized carbons (Fsp3) is 0.176. The quantitative estimate of drug-likeness (QED) is 0.662. The van der Waals surface area contributed by atoms with E-state index in [9.17, 15) is 17.6 Å². The Balaban J connectivity index is 1.96. The molecule has 0 atom stereocenters. The lowest BCUT2D eigenvalue weighted by atomic mass is 10.0. The van der Waals surface area contributed by atoms with Gasteiger partial charge in [0.05, 0.1) is 12.1 Å². The summed E-state index contributed by atoms with van der Waals surface area (Å²) in [7, 11) is 0. The number of hydrogen-bond donors (Lipinski definition) is 0. The number of imidazole rings is 1. The van der Waals surface area contributed by atoms with Crippen LogP contribution in [0.3, 0.4) is 0 Å². The summed E-state index contributed by atoms with van der Waals surface area (Å²) in [6, 6.07) is 4.68. The lowest BCUT2D eigenvalue weighted by Gasteiger charge is -2.11. The highest BCUT2D eigenvalue weighted by Crippen LogP contribution is 2.34. The molecule has 3 rings (SSSR count). The van der Waals surface area contributed by atoms with Crippen molar-refractivity contribution >= 4 is 0 Å². The van der Waals surface area contributed by atoms with Crippen LogP contribution in [-0.4, -0.2) is 14.5 Å². The first-order valence-electron chi connectivity index (χ1n) is 7.13. The molecule has 2 aromatic heterocycles. The predicted octanol–water partition coefficient (Wildman–Crippen LogP) is 4.46. The van der Waals surface area contributed by atoms with Gasteiger partial charge in [-0.3, -0.25) is 4.98 Å². The Morgan fingerprint density at radius 2 is 1.88 bits per heavy atom. The maximum absolute atomic E-state index is 13.4. The van der Waals surface area contributed by atoms with Crippen LogP contribution in [0, 0.1) is 12.7 Å². The number of halogens is 4. The molecule has 0 amide bonds. The second kappa shape index (κ2) is 6.07. The molecule has 0 fully saturated rings. The Morgan fingerprint density at radius 1 is 1.08 bits per heavy atom. The third-order valence-electron chi connectivity index (χ3n) is 3.68. The standard InChI is InChI=1S/C17H13F4N3/c1-11-23-4-5-24(11)10-12-6-14(9-22-8-12)13-2-3-16(18)15(7-13)17(19,20)21/h2-9H,10H2,1H3. The lowest BCUT2D eigenvalue weighted by molar-refractivity contribution is -0.139. The maximum atomic E-state index is 13.4. The van der Waals surface area contributed by atoms with E-state index in [0.717, 1.165) is 23.5 Å². The number of rotatable bonds is 3. The molecule has 24 heavy (non-hydrogen) atoms. The van der Waals surface area contributed by atoms with Gasteiger partial charge >= 0.3 is 6.18 Å². The molecule has 0 aliphatic heterocycles. The average molecular weight is 335 g/mol. The molecule has 0 bridgehead atoms. The van der Waals surface area contributed by atoms with Gasteiger partial charge in [-0.05, 0) is 36.2 Å². The molecular weight excluding hydrogens is 322 g/mol. The molecule has 7 heteroatoms. The van der Waals surface area contributed by atoms with E-state index in [0.29, 0.717) is 12.1 Å². The summed E-state index contributed by atoms with van der Waals surface area (Å²) >= 11 is 0. The van der Waals surface area contributed by atoms with Crippen LogP contribution in [0.4, 0.5) is 17.6 Å². The smallest absolute Gasteiger partial charge is 0.331 e. The van der Waals surface area contributed by atoms with Gasteiger partial charge in [0.2, 0.25) is 0 Å². The van der Waals surface area contributed by atoms with Crippen molar-refractivity contribution < 1.29 is 17.6 Å². The zero-order valence-corrected chi connectivity index (χ0v) is 12.7. The lowest BCUT2D eigenvalue weighted by Crippen LogP contribution is -2.08. The molecule has 1 aromatic carbocycles. The molecule has 2 heterocycles. The fourth-order valence-corrected chi connectivity index (χ4v) is 2.42. The van der Waals surface area contributed by atoms with Gasteiger partial charge in [0, 0.05) is 30.4 Å². The fourth-order valence-electron chi connectivity index (χ4n) is 2.42. The molecule has 0 unspecified atom stereocenters. The third-order valence-corrected chi connectivity index (χ3v) is 3.68. The molecule has 3 nitrogen and oxygen atoms in total. The van der Waals surface area contributed by atoms with E-state index in [4.69, 9.17) is 0 Å². The Labute approximate surface area is 135 Å². The van der Waals surface area contributed by atoms with Crippen LogP contribution in [0.5, 0.6) is 0 Å². The van der Waals surface area contributed by atoms with E-state index in [1.54, 1.807) is 18.5 Å². The Morgan fingerprint density at radius 3 is 2.54 bits per heavy atom. The van der Waals surface area contributed by atoms with Gasteiger partial charge in [0.25, 0.3) is 0 Å². The summed E-state index contributed by atoms with van der Waals surface area (Å²) in [5, 5.41) is 0. The van der Waals surface area contributed by atoms with Crippen LogP contribution in [0.2, 0.25) is 0 Å². The van der Waals surface area contributed by atoms with Crippen LogP contribution >= 0.6 is 0 Å². The maximum Gasteiger partial charge on any atom is 0.419 e. The van der Waals surface area contributed by atoms with Crippen molar-refractivity contribution in [1.29, 1.82) is 0 Å². The van der Waals surface area contributed by atoms with Crippen molar-refractivity contribution in [2.45, 2.75) is 19.6 Å². The summed E-state index contributed by atoms with van der Waals surface area (Å²) < 4.78 is 53.9. The molecule has 0 aliphatic carbocycles. The highest BCUT2D eigenvalue weighted by atomic mass is 19.4. The molecule has 0 saturated carbocycles. The number of alkyl halides is 3. The molecular formula is C17H13F4N3. The number of hydrogen-bond acceptors (Lipinski definition) is 2. The topological polar surface area (TPSA) is 30.7 Å². The number of pyridine rings is 1. The number of aryl methyl sites for hydroxylation is 1. The third kappa shape index (κ3) is 3.29. The van der Waals surface area contributed by atoms with Gasteiger partial charge in [-0.25, -0.2) is 9.37 Å². The van der Waals surface area contributed by atoms with Gasteiger partial charge in [0.15, 0.2) is 0 Å². The minimum atomic E-state index is -4.74. The summed E-state index contributed by atoms with van der Waals surface area (Å²) in [5.41, 5.74) is 0.290. The van der Waals surface area contributed by atoms with Crippen LogP contribution in [0.15, 0.2) is 49.1 Å². The highest BCUT2D eigenvalue weighted by molar-refractivity contribution is 5.64. The predicted molar refractivity (Wildman–Crippen MR) is 80.7 cm³/mol. The zero-order chi connectivity index (χ0) is 17.3. The minimum Gasteiger partial charge on any atom is -0.331 e. The van der Waals surface area contributed by atoms with Gasteiger partial charge in [-0.15, -0.1) is 0 Å². The average Bonchev–Trinajstić information content (AvgIpc) is 2.92. The van der Waals surface area contributed by atoms with E-state index in [1.165, 1.54) is 12.3 Å². The molecule has 0 aliphatic rings. The van der Waals surface area contributed by atoms with Crippen molar-refractivity contribution in [3.05, 3.63) is 71.8 Å². The summed E-state index contributed by atoms with van der Waals surface area (Å²) in [6.07, 6.45) is 1.83. The second-order valence-corrected chi connectivity index (χ2v) is 5.38. The van der Waals surface area contributed by atoms with E-state index in [-0.39, 0.29) is 5.56 Å². The van der Waals surface area contributed by atoms with Crippen LogP contribution in [-0.2, 0) is 12.7 Å². The van der Waals surface area contributed by atoms with Crippen molar-refractivity contribution in [2.24, 2.45) is 0 Å². The first-order chi connectivity index (χ1) is 11.3. The Bertz CT molecular complexity index is 868.